The van der Waals surface area contributed by atoms with Gasteiger partial charge in [0.05, 0.1) is 11.1 Å². The van der Waals surface area contributed by atoms with Crippen LogP contribution in [0.4, 0.5) is 0 Å². The maximum absolute atomic E-state index is 5.57. The monoisotopic (exact) mass is 478 g/mol. The number of hydrogen-bond donors (Lipinski definition) is 0. The van der Waals surface area contributed by atoms with E-state index in [1.54, 1.807) is 0 Å². The van der Waals surface area contributed by atoms with Crippen LogP contribution in [0.15, 0.2) is 66.7 Å². The van der Waals surface area contributed by atoms with Gasteiger partial charge in [0.2, 0.25) is 0 Å². The first-order valence-corrected chi connectivity index (χ1v) is 13.6. The fraction of sp³-hybridized carbons (Fsp3) is 0.394. The number of aryl methyl sites for hydroxylation is 3. The number of unbranched alkanes of at least 4 members (excludes halogenated alkanes) is 1. The molecule has 5 rings (SSSR count). The van der Waals surface area contributed by atoms with Crippen LogP contribution < -0.4 is 4.57 Å². The van der Waals surface area contributed by atoms with Crippen molar-refractivity contribution in [1.29, 1.82) is 0 Å². The van der Waals surface area contributed by atoms with Gasteiger partial charge in [-0.15, -0.1) is 0 Å². The molecule has 1 aliphatic heterocycles. The summed E-state index contributed by atoms with van der Waals surface area (Å²) in [5.41, 5.74) is 8.76. The van der Waals surface area contributed by atoms with Crippen molar-refractivity contribution in [3.63, 3.8) is 0 Å². The predicted molar refractivity (Wildman–Crippen MR) is 150 cm³/mol. The summed E-state index contributed by atoms with van der Waals surface area (Å²) in [4.78, 5) is 0. The minimum absolute atomic E-state index is 0.0284. The number of fused-ring (bicyclic) bond motifs is 3. The number of benzene rings is 3. The standard InChI is InChI=1S/C33H40N3/c1-8-10-22-33(7)32(6,9-2)28-21-14-13-20-27(28)31-35(29-24(4)17-15-18-25(29)5)30(34-36(31)33)26-19-12-11-16-23(26)3/h11-21H,8-10,22H2,1-7H3/q+1/t32?,33-/m1/s1. The molecule has 1 aromatic heterocycles. The lowest BCUT2D eigenvalue weighted by Gasteiger charge is -2.47. The molecule has 3 heteroatoms. The number of aromatic nitrogens is 3. The Hall–Kier alpha value is -3.20. The highest BCUT2D eigenvalue weighted by Gasteiger charge is 2.57. The highest BCUT2D eigenvalue weighted by Crippen LogP contribution is 2.53. The molecule has 0 aliphatic carbocycles. The maximum Gasteiger partial charge on any atom is 0.314 e. The summed E-state index contributed by atoms with van der Waals surface area (Å²) >= 11 is 0. The van der Waals surface area contributed by atoms with Gasteiger partial charge in [0.15, 0.2) is 0 Å². The Balaban J connectivity index is 1.98. The van der Waals surface area contributed by atoms with Crippen LogP contribution in [0.5, 0.6) is 0 Å². The van der Waals surface area contributed by atoms with Gasteiger partial charge in [-0.3, -0.25) is 0 Å². The number of nitrogens with zero attached hydrogens (tertiary/aromatic N) is 3. The molecule has 0 bridgehead atoms. The van der Waals surface area contributed by atoms with Gasteiger partial charge in [-0.05, 0) is 81.3 Å². The van der Waals surface area contributed by atoms with E-state index in [1.807, 2.05) is 0 Å². The van der Waals surface area contributed by atoms with Gasteiger partial charge in [-0.2, -0.15) is 4.57 Å². The molecule has 0 saturated heterocycles. The first-order valence-electron chi connectivity index (χ1n) is 13.6. The van der Waals surface area contributed by atoms with Crippen molar-refractivity contribution in [3.8, 4) is 28.5 Å². The quantitative estimate of drug-likeness (QED) is 0.257. The molecule has 0 saturated carbocycles. The van der Waals surface area contributed by atoms with Crippen LogP contribution in [-0.4, -0.2) is 9.78 Å². The second-order valence-corrected chi connectivity index (χ2v) is 11.1. The molecule has 4 aromatic rings. The van der Waals surface area contributed by atoms with Crippen LogP contribution in [0.25, 0.3) is 28.5 Å². The molecule has 2 atom stereocenters. The van der Waals surface area contributed by atoms with E-state index in [1.165, 1.54) is 57.7 Å². The van der Waals surface area contributed by atoms with Gasteiger partial charge in [-0.25, -0.2) is 0 Å². The highest BCUT2D eigenvalue weighted by atomic mass is 15.4. The van der Waals surface area contributed by atoms with E-state index in [2.05, 4.69) is 124 Å². The lowest BCUT2D eigenvalue weighted by molar-refractivity contribution is -0.574. The molecule has 0 spiro atoms. The summed E-state index contributed by atoms with van der Waals surface area (Å²) in [7, 11) is 0. The van der Waals surface area contributed by atoms with E-state index >= 15 is 0 Å². The zero-order valence-electron chi connectivity index (χ0n) is 23.0. The number of rotatable bonds is 6. The normalized spacial score (nSPS) is 20.8. The molecule has 1 aliphatic rings. The van der Waals surface area contributed by atoms with Gasteiger partial charge in [-0.1, -0.05) is 86.5 Å². The summed E-state index contributed by atoms with van der Waals surface area (Å²) < 4.78 is 4.88. The minimum atomic E-state index is -0.152. The molecule has 0 radical (unpaired) electrons. The van der Waals surface area contributed by atoms with E-state index in [4.69, 9.17) is 5.10 Å². The fourth-order valence-electron chi connectivity index (χ4n) is 6.49. The van der Waals surface area contributed by atoms with Crippen molar-refractivity contribution in [2.45, 2.75) is 85.1 Å². The summed E-state index contributed by atoms with van der Waals surface area (Å²) in [5, 5.41) is 5.57. The first-order chi connectivity index (χ1) is 17.3. The third-order valence-corrected chi connectivity index (χ3v) is 9.01. The van der Waals surface area contributed by atoms with Crippen molar-refractivity contribution in [2.75, 3.05) is 0 Å². The van der Waals surface area contributed by atoms with E-state index in [0.717, 1.165) is 18.7 Å². The Morgan fingerprint density at radius 1 is 0.778 bits per heavy atom. The molecule has 0 N–H and O–H groups in total. The zero-order valence-corrected chi connectivity index (χ0v) is 23.0. The van der Waals surface area contributed by atoms with Crippen LogP contribution >= 0.6 is 0 Å². The van der Waals surface area contributed by atoms with Gasteiger partial charge in [0.25, 0.3) is 5.82 Å². The first kappa shape index (κ1) is 24.5. The van der Waals surface area contributed by atoms with Crippen molar-refractivity contribution in [1.82, 2.24) is 9.78 Å². The van der Waals surface area contributed by atoms with Crippen LogP contribution in [0.2, 0.25) is 0 Å². The Kier molecular flexibility index (Phi) is 6.14. The molecule has 186 valence electrons. The average Bonchev–Trinajstić information content (AvgIpc) is 3.27. The van der Waals surface area contributed by atoms with E-state index in [-0.39, 0.29) is 11.0 Å². The van der Waals surface area contributed by atoms with Gasteiger partial charge in [0.1, 0.15) is 11.2 Å². The third-order valence-electron chi connectivity index (χ3n) is 9.01. The molecule has 3 aromatic carbocycles. The molecule has 36 heavy (non-hydrogen) atoms. The molecule has 0 fully saturated rings. The Bertz CT molecular complexity index is 1410. The largest absolute Gasteiger partial charge is 0.314 e. The van der Waals surface area contributed by atoms with Crippen LogP contribution in [-0.2, 0) is 11.0 Å². The summed E-state index contributed by atoms with van der Waals surface area (Å²) in [6.07, 6.45) is 4.51. The smallest absolute Gasteiger partial charge is 0.189 e. The predicted octanol–water partition coefficient (Wildman–Crippen LogP) is 8.01. The van der Waals surface area contributed by atoms with Crippen LogP contribution in [0, 0.1) is 20.8 Å². The Morgan fingerprint density at radius 2 is 1.39 bits per heavy atom. The zero-order chi connectivity index (χ0) is 25.7. The van der Waals surface area contributed by atoms with Crippen molar-refractivity contribution < 1.29 is 4.57 Å². The number of hydrogen-bond acceptors (Lipinski definition) is 1. The lowest BCUT2D eigenvalue weighted by atomic mass is 9.61. The van der Waals surface area contributed by atoms with Crippen molar-refractivity contribution >= 4 is 0 Å². The van der Waals surface area contributed by atoms with Crippen LogP contribution in [0.1, 0.15) is 75.6 Å². The highest BCUT2D eigenvalue weighted by molar-refractivity contribution is 5.68. The fourth-order valence-corrected chi connectivity index (χ4v) is 6.49. The average molecular weight is 479 g/mol. The second kappa shape index (κ2) is 9.03. The van der Waals surface area contributed by atoms with Crippen molar-refractivity contribution in [2.24, 2.45) is 0 Å². The molecular weight excluding hydrogens is 438 g/mol. The third kappa shape index (κ3) is 3.39. The molecule has 3 nitrogen and oxygen atoms in total. The molecular formula is C33H40N3+. The maximum atomic E-state index is 5.57. The SMILES string of the molecule is CCCC[C@@]1(C)n2nc(-c3ccccc3C)[n+](-c3c(C)cccc3C)c2-c2ccccc2C1(C)CC. The summed E-state index contributed by atoms with van der Waals surface area (Å²) in [6.45, 7) is 16.2. The number of para-hydroxylation sites is 1. The molecule has 0 amide bonds. The summed E-state index contributed by atoms with van der Waals surface area (Å²) in [6, 6.07) is 24.3. The Labute approximate surface area is 216 Å². The van der Waals surface area contributed by atoms with E-state index in [0.29, 0.717) is 0 Å². The lowest BCUT2D eigenvalue weighted by Crippen LogP contribution is -2.54. The van der Waals surface area contributed by atoms with Crippen LogP contribution in [0.3, 0.4) is 0 Å². The topological polar surface area (TPSA) is 21.7 Å². The van der Waals surface area contributed by atoms with Gasteiger partial charge in [0, 0.05) is 10.5 Å². The minimum Gasteiger partial charge on any atom is -0.189 e. The van der Waals surface area contributed by atoms with E-state index < -0.39 is 0 Å². The second-order valence-electron chi connectivity index (χ2n) is 11.1. The van der Waals surface area contributed by atoms with E-state index in [9.17, 15) is 0 Å². The molecule has 1 unspecified atom stereocenters. The van der Waals surface area contributed by atoms with Gasteiger partial charge >= 0.3 is 5.82 Å². The van der Waals surface area contributed by atoms with Gasteiger partial charge < -0.3 is 0 Å². The Morgan fingerprint density at radius 3 is 2.03 bits per heavy atom. The molecule has 2 heterocycles. The van der Waals surface area contributed by atoms with Crippen molar-refractivity contribution in [3.05, 3.63) is 89.0 Å². The summed E-state index contributed by atoms with van der Waals surface area (Å²) in [5.74, 6) is 2.23.